The highest BCUT2D eigenvalue weighted by Crippen LogP contribution is 2.30. The number of aromatic amines is 1. The fourth-order valence-electron chi connectivity index (χ4n) is 9.55. The van der Waals surface area contributed by atoms with Crippen molar-refractivity contribution in [2.24, 2.45) is 11.8 Å². The molecule has 14 N–H and O–H groups in total. The number of hydrogen-bond acceptors (Lipinski definition) is 18. The number of nitrogens with zero attached hydrogens (tertiary/aromatic N) is 2. The van der Waals surface area contributed by atoms with E-state index < -0.39 is 193 Å². The first kappa shape index (κ1) is 62.4. The Morgan fingerprint density at radius 2 is 1.44 bits per heavy atom. The van der Waals surface area contributed by atoms with Crippen LogP contribution in [0.2, 0.25) is 0 Å². The highest BCUT2D eigenvalue weighted by atomic mass is 32.2. The molecule has 2 saturated heterocycles. The second-order valence-corrected chi connectivity index (χ2v) is 21.8. The number of aliphatic hydroxyl groups is 3. The molecule has 0 aliphatic carbocycles. The van der Waals surface area contributed by atoms with Crippen LogP contribution in [0.15, 0.2) is 23.2 Å². The summed E-state index contributed by atoms with van der Waals surface area (Å²) in [4.78, 5) is 172. The SMILES string of the molecule is CCC(C)C1NC(=O)CNC(=O)C2Cc3c([nH]c4cc(O)ccc34)S(=O)CC(NC(=O)CNC1=O)C(=O)NC(CC(=O)NCCCCCCNC(=O)ON1C(=O)CCC1=O)C(=O)N1CC(O)CC1C(=O)NC(C(C)C(O)CO)C(=O)N2. The molecular weight excluding hydrogens is 1090 g/mol. The molecule has 11 atom stereocenters. The standard InChI is InChI=1S/C50H70N12O18S/c1-4-24(2)41-46(75)54-19-37(68)55-33-23-81(79)48-29(28-10-9-26(64)15-30(28)58-48)17-31(43(72)53-20-38(69)59-41)56-47(76)42(25(3)35(66)22-63)60-45(74)34-16-27(65)21-61(34)49(77)32(57-44(33)73)18-36(67)51-13-7-5-6-8-14-52-50(78)80-62-39(70)11-12-40(62)71/h9-10,15,24-25,27,31-35,41-42,58,63-66H,4-8,11-14,16-23H2,1-3H3,(H,51,67)(H,52,78)(H,53,72)(H,54,75)(H,55,68)(H,56,76)(H,57,73)(H,59,69)(H,60,74). The Kier molecular flexibility index (Phi) is 22.0. The summed E-state index contributed by atoms with van der Waals surface area (Å²) < 4.78 is 14.9. The Hall–Kier alpha value is -7.77. The average molecular weight is 1160 g/mol. The number of hydroxylamine groups is 2. The molecule has 12 amide bonds. The van der Waals surface area contributed by atoms with Gasteiger partial charge in [-0.1, -0.05) is 40.0 Å². The topological polar surface area (TPSA) is 443 Å². The summed E-state index contributed by atoms with van der Waals surface area (Å²) in [7, 11) is -2.44. The van der Waals surface area contributed by atoms with Gasteiger partial charge in [0.1, 0.15) is 47.0 Å². The molecule has 2 aromatic rings. The zero-order valence-electron chi connectivity index (χ0n) is 44.8. The number of fused-ring (bicyclic) bond motifs is 5. The van der Waals surface area contributed by atoms with Gasteiger partial charge in [-0.25, -0.2) is 4.79 Å². The lowest BCUT2D eigenvalue weighted by atomic mass is 9.93. The second kappa shape index (κ2) is 28.6. The largest absolute Gasteiger partial charge is 0.508 e. The molecule has 30 nitrogen and oxygen atoms in total. The Balaban J connectivity index is 1.35. The fourth-order valence-corrected chi connectivity index (χ4v) is 10.9. The quantitative estimate of drug-likeness (QED) is 0.0587. The monoisotopic (exact) mass is 1160 g/mol. The minimum atomic E-state index is -2.44. The number of nitrogens with one attached hydrogen (secondary N) is 10. The molecule has 5 heterocycles. The Bertz CT molecular complexity index is 2760. The minimum absolute atomic E-state index is 0.0369. The van der Waals surface area contributed by atoms with E-state index >= 15 is 0 Å². The Morgan fingerprint density at radius 3 is 2.11 bits per heavy atom. The molecule has 0 radical (unpaired) electrons. The van der Waals surface area contributed by atoms with E-state index in [1.807, 2.05) is 0 Å². The van der Waals surface area contributed by atoms with Crippen molar-refractivity contribution in [1.82, 2.24) is 62.8 Å². The van der Waals surface area contributed by atoms with Crippen molar-refractivity contribution >= 4 is 92.8 Å². The van der Waals surface area contributed by atoms with Gasteiger partial charge in [0.05, 0.1) is 60.4 Å². The lowest BCUT2D eigenvalue weighted by molar-refractivity contribution is -0.171. The molecule has 6 rings (SSSR count). The normalized spacial score (nSPS) is 25.9. The zero-order valence-corrected chi connectivity index (χ0v) is 45.6. The van der Waals surface area contributed by atoms with Crippen LogP contribution >= 0.6 is 0 Å². The maximum Gasteiger partial charge on any atom is 0.432 e. The number of aromatic hydroxyl groups is 1. The summed E-state index contributed by atoms with van der Waals surface area (Å²) in [6.07, 6.45) is -3.84. The van der Waals surface area contributed by atoms with Crippen LogP contribution in [0.3, 0.4) is 0 Å². The number of phenolic OH excluding ortho intramolecular Hbond substituents is 1. The third-order valence-electron chi connectivity index (χ3n) is 14.4. The van der Waals surface area contributed by atoms with Crippen molar-refractivity contribution in [2.45, 2.75) is 138 Å². The molecule has 81 heavy (non-hydrogen) atoms. The number of hydrogen-bond donors (Lipinski definition) is 14. The van der Waals surface area contributed by atoms with Crippen molar-refractivity contribution in [3.63, 3.8) is 0 Å². The summed E-state index contributed by atoms with van der Waals surface area (Å²) >= 11 is 0. The maximum absolute atomic E-state index is 14.9. The molecule has 11 unspecified atom stereocenters. The lowest BCUT2D eigenvalue weighted by Crippen LogP contribution is -2.62. The van der Waals surface area contributed by atoms with Crippen LogP contribution in [0, 0.1) is 11.8 Å². The van der Waals surface area contributed by atoms with Crippen LogP contribution in [0.1, 0.15) is 84.1 Å². The highest BCUT2D eigenvalue weighted by Gasteiger charge is 2.45. The third-order valence-corrected chi connectivity index (χ3v) is 15.8. The van der Waals surface area contributed by atoms with Crippen LogP contribution in [0.4, 0.5) is 4.79 Å². The van der Waals surface area contributed by atoms with E-state index in [2.05, 4.69) is 52.8 Å². The van der Waals surface area contributed by atoms with Gasteiger partial charge in [-0.2, -0.15) is 0 Å². The lowest BCUT2D eigenvalue weighted by Gasteiger charge is -2.33. The number of phenols is 1. The molecule has 2 bridgehead atoms. The summed E-state index contributed by atoms with van der Waals surface area (Å²) in [6, 6.07) is -6.27. The third kappa shape index (κ3) is 16.4. The molecule has 4 aliphatic heterocycles. The molecule has 0 saturated carbocycles. The van der Waals surface area contributed by atoms with Gasteiger partial charge in [-0.3, -0.25) is 56.9 Å². The van der Waals surface area contributed by atoms with Gasteiger partial charge in [0.2, 0.25) is 53.2 Å². The van der Waals surface area contributed by atoms with E-state index in [9.17, 15) is 82.2 Å². The van der Waals surface area contributed by atoms with E-state index in [0.29, 0.717) is 37.2 Å². The highest BCUT2D eigenvalue weighted by molar-refractivity contribution is 7.85. The van der Waals surface area contributed by atoms with Crippen molar-refractivity contribution in [2.75, 3.05) is 45.1 Å². The van der Waals surface area contributed by atoms with Crippen LogP contribution in [0.5, 0.6) is 5.75 Å². The molecular formula is C50H70N12O18S. The van der Waals surface area contributed by atoms with Crippen molar-refractivity contribution in [3.8, 4) is 5.75 Å². The predicted octanol–water partition coefficient (Wildman–Crippen LogP) is -4.94. The number of carbonyl (C=O) groups excluding carboxylic acids is 12. The van der Waals surface area contributed by atoms with Gasteiger partial charge >= 0.3 is 6.09 Å². The number of imide groups is 1. The van der Waals surface area contributed by atoms with Gasteiger partial charge in [0.25, 0.3) is 11.8 Å². The van der Waals surface area contributed by atoms with Gasteiger partial charge in [0, 0.05) is 62.7 Å². The second-order valence-electron chi connectivity index (χ2n) is 20.3. The predicted molar refractivity (Wildman–Crippen MR) is 280 cm³/mol. The molecule has 444 valence electrons. The summed E-state index contributed by atoms with van der Waals surface area (Å²) in [5.41, 5.74) is 0.204. The maximum atomic E-state index is 14.9. The molecule has 0 spiro atoms. The van der Waals surface area contributed by atoms with Gasteiger partial charge in [-0.05, 0) is 36.5 Å². The first-order valence-electron chi connectivity index (χ1n) is 26.6. The molecule has 4 aliphatic rings. The molecule has 2 fully saturated rings. The van der Waals surface area contributed by atoms with E-state index in [1.54, 1.807) is 13.8 Å². The Labute approximate surface area is 466 Å². The van der Waals surface area contributed by atoms with E-state index in [0.717, 1.165) is 4.90 Å². The number of aromatic nitrogens is 1. The van der Waals surface area contributed by atoms with Crippen molar-refractivity contribution in [3.05, 3.63) is 23.8 Å². The van der Waals surface area contributed by atoms with Gasteiger partial charge in [-0.15, -0.1) is 5.06 Å². The minimum Gasteiger partial charge on any atom is -0.508 e. The average Bonchev–Trinajstić information content (AvgIpc) is 4.11. The van der Waals surface area contributed by atoms with Crippen LogP contribution in [-0.2, 0) is 74.8 Å². The van der Waals surface area contributed by atoms with Crippen LogP contribution in [-0.4, -0.2) is 204 Å². The van der Waals surface area contributed by atoms with E-state index in [-0.39, 0.29) is 53.2 Å². The van der Waals surface area contributed by atoms with Gasteiger partial charge < -0.3 is 83.0 Å². The van der Waals surface area contributed by atoms with Gasteiger partial charge in [0.15, 0.2) is 0 Å². The van der Waals surface area contributed by atoms with E-state index in [1.165, 1.54) is 25.1 Å². The number of benzene rings is 1. The summed E-state index contributed by atoms with van der Waals surface area (Å²) in [5, 5.41) is 65.2. The first-order valence-corrected chi connectivity index (χ1v) is 27.9. The zero-order chi connectivity index (χ0) is 59.2. The van der Waals surface area contributed by atoms with Crippen LogP contribution in [0.25, 0.3) is 10.9 Å². The first-order chi connectivity index (χ1) is 38.5. The molecule has 31 heteroatoms. The number of carbonyl (C=O) groups is 12. The molecule has 1 aromatic heterocycles. The number of H-pyrrole nitrogens is 1. The van der Waals surface area contributed by atoms with Crippen molar-refractivity contribution < 1.29 is 87.0 Å². The number of amides is 12. The van der Waals surface area contributed by atoms with E-state index in [4.69, 9.17) is 4.84 Å². The number of unbranched alkanes of at least 4 members (excludes halogenated alkanes) is 3. The Morgan fingerprint density at radius 1 is 0.790 bits per heavy atom. The summed E-state index contributed by atoms with van der Waals surface area (Å²) in [5.74, 6) is -13.3. The number of rotatable bonds is 15. The number of aliphatic hydroxyl groups excluding tert-OH is 3. The molecule has 1 aromatic carbocycles. The van der Waals surface area contributed by atoms with Crippen LogP contribution < -0.4 is 47.9 Å². The summed E-state index contributed by atoms with van der Waals surface area (Å²) in [6.45, 7) is 1.77. The van der Waals surface area contributed by atoms with Crippen molar-refractivity contribution in [1.29, 1.82) is 0 Å². The fraction of sp³-hybridized carbons (Fsp3) is 0.600. The smallest absolute Gasteiger partial charge is 0.432 e.